The predicted molar refractivity (Wildman–Crippen MR) is 57.3 cm³/mol. The Balaban J connectivity index is 2.24. The van der Waals surface area contributed by atoms with E-state index in [0.717, 1.165) is 18.6 Å². The first-order chi connectivity index (χ1) is 7.26. The highest BCUT2D eigenvalue weighted by Crippen LogP contribution is 2.08. The molecular weight excluding hydrogens is 194 g/mol. The van der Waals surface area contributed by atoms with Gasteiger partial charge in [-0.1, -0.05) is 0 Å². The fraction of sp³-hybridized carbons (Fsp3) is 0.636. The Bertz CT molecular complexity index is 273. The average Bonchev–Trinajstić information content (AvgIpc) is 2.71. The summed E-state index contributed by atoms with van der Waals surface area (Å²) >= 11 is 0. The maximum Gasteiger partial charge on any atom is 0.129 e. The van der Waals surface area contributed by atoms with Crippen LogP contribution in [0.3, 0.4) is 0 Å². The van der Waals surface area contributed by atoms with Crippen molar-refractivity contribution < 1.29 is 14.6 Å². The molecule has 0 fully saturated rings. The van der Waals surface area contributed by atoms with Crippen LogP contribution in [-0.4, -0.2) is 22.9 Å². The second-order valence-electron chi connectivity index (χ2n) is 3.67. The molecule has 0 aliphatic rings. The zero-order valence-electron chi connectivity index (χ0n) is 9.07. The lowest BCUT2D eigenvalue weighted by Gasteiger charge is -2.11. The molecule has 1 heterocycles. The summed E-state index contributed by atoms with van der Waals surface area (Å²) in [5, 5.41) is 20.7. The summed E-state index contributed by atoms with van der Waals surface area (Å²) in [6.07, 6.45) is 1.76. The Labute approximate surface area is 89.9 Å². The molecule has 0 amide bonds. The fourth-order valence-corrected chi connectivity index (χ4v) is 1.38. The highest BCUT2D eigenvalue weighted by atomic mass is 16.4. The van der Waals surface area contributed by atoms with Crippen molar-refractivity contribution >= 4 is 0 Å². The Morgan fingerprint density at radius 1 is 1.33 bits per heavy atom. The van der Waals surface area contributed by atoms with E-state index in [1.165, 1.54) is 0 Å². The van der Waals surface area contributed by atoms with Crippen LogP contribution in [0.1, 0.15) is 31.3 Å². The molecule has 0 unspecified atom stereocenters. The molecule has 0 aromatic carbocycles. The third-order valence-corrected chi connectivity index (χ3v) is 2.29. The van der Waals surface area contributed by atoms with E-state index in [2.05, 4.69) is 12.2 Å². The smallest absolute Gasteiger partial charge is 0.129 e. The van der Waals surface area contributed by atoms with Gasteiger partial charge in [0, 0.05) is 12.6 Å². The second-order valence-corrected chi connectivity index (χ2v) is 3.67. The minimum absolute atomic E-state index is 0.0555. The standard InChI is InChI=1S/C11H19NO3/c1-9(3-2-6-13)12-7-10-4-5-11(8-14)15-10/h4-5,9,12-14H,2-3,6-8H2,1H3/t9-/m0/s1. The maximum absolute atomic E-state index is 8.80. The van der Waals surface area contributed by atoms with E-state index in [0.29, 0.717) is 18.3 Å². The molecule has 0 radical (unpaired) electrons. The number of furan rings is 1. The molecule has 0 bridgehead atoms. The average molecular weight is 213 g/mol. The quantitative estimate of drug-likeness (QED) is 0.632. The third kappa shape index (κ3) is 4.46. The van der Waals surface area contributed by atoms with Crippen LogP contribution in [0.2, 0.25) is 0 Å². The molecule has 3 N–H and O–H groups in total. The summed E-state index contributed by atoms with van der Waals surface area (Å²) in [4.78, 5) is 0. The first-order valence-corrected chi connectivity index (χ1v) is 5.29. The van der Waals surface area contributed by atoms with Crippen LogP contribution in [0.5, 0.6) is 0 Å². The van der Waals surface area contributed by atoms with Crippen LogP contribution < -0.4 is 5.32 Å². The lowest BCUT2D eigenvalue weighted by atomic mass is 10.2. The summed E-state index contributed by atoms with van der Waals surface area (Å²) in [7, 11) is 0. The molecular formula is C11H19NO3. The van der Waals surface area contributed by atoms with Gasteiger partial charge in [-0.05, 0) is 31.9 Å². The summed E-state index contributed by atoms with van der Waals surface area (Å²) < 4.78 is 5.33. The molecule has 0 spiro atoms. The molecule has 86 valence electrons. The monoisotopic (exact) mass is 213 g/mol. The van der Waals surface area contributed by atoms with Crippen LogP contribution in [-0.2, 0) is 13.2 Å². The van der Waals surface area contributed by atoms with Crippen molar-refractivity contribution in [1.82, 2.24) is 5.32 Å². The Morgan fingerprint density at radius 2 is 2.07 bits per heavy atom. The van der Waals surface area contributed by atoms with Gasteiger partial charge in [-0.25, -0.2) is 0 Å². The van der Waals surface area contributed by atoms with Crippen molar-refractivity contribution in [2.75, 3.05) is 6.61 Å². The van der Waals surface area contributed by atoms with Gasteiger partial charge < -0.3 is 19.9 Å². The van der Waals surface area contributed by atoms with Crippen LogP contribution >= 0.6 is 0 Å². The molecule has 4 heteroatoms. The van der Waals surface area contributed by atoms with Gasteiger partial charge in [0.1, 0.15) is 18.1 Å². The largest absolute Gasteiger partial charge is 0.462 e. The van der Waals surface area contributed by atoms with Crippen LogP contribution in [0.15, 0.2) is 16.5 Å². The van der Waals surface area contributed by atoms with Crippen LogP contribution in [0.4, 0.5) is 0 Å². The van der Waals surface area contributed by atoms with Crippen molar-refractivity contribution in [3.05, 3.63) is 23.7 Å². The number of aliphatic hydroxyl groups is 2. The molecule has 0 aliphatic heterocycles. The maximum atomic E-state index is 8.80. The molecule has 1 atom stereocenters. The van der Waals surface area contributed by atoms with Crippen molar-refractivity contribution in [2.24, 2.45) is 0 Å². The van der Waals surface area contributed by atoms with Gasteiger partial charge in [-0.3, -0.25) is 0 Å². The molecule has 15 heavy (non-hydrogen) atoms. The number of nitrogens with one attached hydrogen (secondary N) is 1. The Kier molecular flexibility index (Phi) is 5.39. The minimum atomic E-state index is -0.0555. The van der Waals surface area contributed by atoms with Gasteiger partial charge in [0.2, 0.25) is 0 Å². The van der Waals surface area contributed by atoms with Crippen molar-refractivity contribution in [3.63, 3.8) is 0 Å². The normalized spacial score (nSPS) is 13.0. The van der Waals surface area contributed by atoms with E-state index in [1.54, 1.807) is 6.07 Å². The van der Waals surface area contributed by atoms with Crippen molar-refractivity contribution in [1.29, 1.82) is 0 Å². The summed E-state index contributed by atoms with van der Waals surface area (Å²) in [5.74, 6) is 1.42. The van der Waals surface area contributed by atoms with Gasteiger partial charge in [0.05, 0.1) is 6.54 Å². The summed E-state index contributed by atoms with van der Waals surface area (Å²) in [5.41, 5.74) is 0. The highest BCUT2D eigenvalue weighted by molar-refractivity contribution is 5.06. The Morgan fingerprint density at radius 3 is 2.67 bits per heavy atom. The van der Waals surface area contributed by atoms with Gasteiger partial charge in [0.25, 0.3) is 0 Å². The van der Waals surface area contributed by atoms with Gasteiger partial charge >= 0.3 is 0 Å². The molecule has 1 aromatic rings. The van der Waals surface area contributed by atoms with E-state index in [4.69, 9.17) is 14.6 Å². The molecule has 0 aliphatic carbocycles. The topological polar surface area (TPSA) is 65.6 Å². The Hall–Kier alpha value is -0.840. The third-order valence-electron chi connectivity index (χ3n) is 2.29. The SMILES string of the molecule is C[C@@H](CCCO)NCc1ccc(CO)o1. The minimum Gasteiger partial charge on any atom is -0.462 e. The fourth-order valence-electron chi connectivity index (χ4n) is 1.38. The first-order valence-electron chi connectivity index (χ1n) is 5.29. The molecule has 0 saturated heterocycles. The van der Waals surface area contributed by atoms with Crippen LogP contribution in [0.25, 0.3) is 0 Å². The molecule has 4 nitrogen and oxygen atoms in total. The van der Waals surface area contributed by atoms with E-state index in [1.807, 2.05) is 6.07 Å². The molecule has 1 rings (SSSR count). The van der Waals surface area contributed by atoms with Gasteiger partial charge in [-0.15, -0.1) is 0 Å². The first kappa shape index (κ1) is 12.2. The molecule has 1 aromatic heterocycles. The van der Waals surface area contributed by atoms with E-state index >= 15 is 0 Å². The van der Waals surface area contributed by atoms with Crippen LogP contribution in [0, 0.1) is 0 Å². The summed E-state index contributed by atoms with van der Waals surface area (Å²) in [6.45, 7) is 2.92. The molecule has 0 saturated carbocycles. The second kappa shape index (κ2) is 6.61. The highest BCUT2D eigenvalue weighted by Gasteiger charge is 2.04. The predicted octanol–water partition coefficient (Wildman–Crippen LogP) is 1.02. The number of hydrogen-bond acceptors (Lipinski definition) is 4. The summed E-state index contributed by atoms with van der Waals surface area (Å²) in [6, 6.07) is 3.99. The van der Waals surface area contributed by atoms with E-state index in [-0.39, 0.29) is 13.2 Å². The van der Waals surface area contributed by atoms with Gasteiger partial charge in [0.15, 0.2) is 0 Å². The zero-order chi connectivity index (χ0) is 11.1. The van der Waals surface area contributed by atoms with Crippen molar-refractivity contribution in [2.45, 2.75) is 39.0 Å². The lowest BCUT2D eigenvalue weighted by Crippen LogP contribution is -2.25. The zero-order valence-corrected chi connectivity index (χ0v) is 9.07. The number of aliphatic hydroxyl groups excluding tert-OH is 2. The number of hydrogen-bond donors (Lipinski definition) is 3. The van der Waals surface area contributed by atoms with Crippen molar-refractivity contribution in [3.8, 4) is 0 Å². The lowest BCUT2D eigenvalue weighted by molar-refractivity contribution is 0.241. The van der Waals surface area contributed by atoms with E-state index in [9.17, 15) is 0 Å². The number of rotatable bonds is 7. The van der Waals surface area contributed by atoms with E-state index < -0.39 is 0 Å². The van der Waals surface area contributed by atoms with Gasteiger partial charge in [-0.2, -0.15) is 0 Å².